The van der Waals surface area contributed by atoms with Gasteiger partial charge in [-0.2, -0.15) is 0 Å². The first-order valence-corrected chi connectivity index (χ1v) is 9.19. The molecule has 1 aromatic heterocycles. The molecule has 27 heavy (non-hydrogen) atoms. The maximum atomic E-state index is 11.9. The number of aromatic nitrogens is 1. The number of amides is 2. The summed E-state index contributed by atoms with van der Waals surface area (Å²) < 4.78 is 0. The van der Waals surface area contributed by atoms with Gasteiger partial charge in [0.15, 0.2) is 0 Å². The molecule has 0 fully saturated rings. The SMILES string of the molecule is CCCCNC(=O)Nc1ccc(N(c2ccccc2)c2ccccc2)cn1. The normalized spacial score (nSPS) is 10.3. The monoisotopic (exact) mass is 360 g/mol. The number of unbranched alkanes of at least 4 members (excludes halogenated alkanes) is 1. The summed E-state index contributed by atoms with van der Waals surface area (Å²) in [7, 11) is 0. The Labute approximate surface area is 160 Å². The second-order valence-electron chi connectivity index (χ2n) is 6.14. The molecule has 5 heteroatoms. The van der Waals surface area contributed by atoms with Crippen molar-refractivity contribution < 1.29 is 4.79 Å². The van der Waals surface area contributed by atoms with Crippen LogP contribution in [0.4, 0.5) is 27.7 Å². The summed E-state index contributed by atoms with van der Waals surface area (Å²) in [6.07, 6.45) is 3.77. The van der Waals surface area contributed by atoms with Crippen LogP contribution in [0.3, 0.4) is 0 Å². The molecular weight excluding hydrogens is 336 g/mol. The zero-order valence-electron chi connectivity index (χ0n) is 15.4. The molecule has 5 nitrogen and oxygen atoms in total. The smallest absolute Gasteiger partial charge is 0.320 e. The van der Waals surface area contributed by atoms with Crippen LogP contribution >= 0.6 is 0 Å². The Hall–Kier alpha value is -3.34. The number of rotatable bonds is 7. The van der Waals surface area contributed by atoms with Crippen LogP contribution in [0, 0.1) is 0 Å². The number of para-hydroxylation sites is 2. The molecule has 0 spiro atoms. The van der Waals surface area contributed by atoms with E-state index in [2.05, 4.69) is 51.7 Å². The molecule has 0 aliphatic rings. The second-order valence-corrected chi connectivity index (χ2v) is 6.14. The minimum atomic E-state index is -0.230. The molecule has 138 valence electrons. The average Bonchev–Trinajstić information content (AvgIpc) is 2.71. The van der Waals surface area contributed by atoms with Gasteiger partial charge in [0.2, 0.25) is 0 Å². The quantitative estimate of drug-likeness (QED) is 0.549. The number of carbonyl (C=O) groups is 1. The third-order valence-corrected chi connectivity index (χ3v) is 4.09. The van der Waals surface area contributed by atoms with E-state index in [1.165, 1.54) is 0 Å². The Balaban J connectivity index is 1.79. The fourth-order valence-electron chi connectivity index (χ4n) is 2.73. The zero-order chi connectivity index (χ0) is 18.9. The van der Waals surface area contributed by atoms with E-state index < -0.39 is 0 Å². The van der Waals surface area contributed by atoms with Crippen molar-refractivity contribution in [2.75, 3.05) is 16.8 Å². The van der Waals surface area contributed by atoms with E-state index in [9.17, 15) is 4.79 Å². The van der Waals surface area contributed by atoms with Crippen molar-refractivity contribution in [3.8, 4) is 0 Å². The van der Waals surface area contributed by atoms with Gasteiger partial charge in [-0.15, -0.1) is 0 Å². The third kappa shape index (κ3) is 5.07. The highest BCUT2D eigenvalue weighted by molar-refractivity contribution is 5.88. The van der Waals surface area contributed by atoms with E-state index in [-0.39, 0.29) is 6.03 Å². The largest absolute Gasteiger partial charge is 0.338 e. The predicted octanol–water partition coefficient (Wildman–Crippen LogP) is 5.47. The number of pyridine rings is 1. The van der Waals surface area contributed by atoms with Gasteiger partial charge >= 0.3 is 6.03 Å². The molecule has 3 aromatic rings. The van der Waals surface area contributed by atoms with E-state index in [4.69, 9.17) is 0 Å². The van der Waals surface area contributed by atoms with Gasteiger partial charge in [0.05, 0.1) is 11.9 Å². The Morgan fingerprint density at radius 2 is 1.52 bits per heavy atom. The lowest BCUT2D eigenvalue weighted by Crippen LogP contribution is -2.29. The Morgan fingerprint density at radius 3 is 2.04 bits per heavy atom. The van der Waals surface area contributed by atoms with E-state index >= 15 is 0 Å². The molecule has 2 aromatic carbocycles. The molecular formula is C22H24N4O. The number of hydrogen-bond acceptors (Lipinski definition) is 3. The highest BCUT2D eigenvalue weighted by Gasteiger charge is 2.12. The molecule has 2 N–H and O–H groups in total. The number of anilines is 4. The number of nitrogens with one attached hydrogen (secondary N) is 2. The van der Waals surface area contributed by atoms with Crippen LogP contribution < -0.4 is 15.5 Å². The summed E-state index contributed by atoms with van der Waals surface area (Å²) in [5.74, 6) is 0.522. The third-order valence-electron chi connectivity index (χ3n) is 4.09. The zero-order valence-corrected chi connectivity index (χ0v) is 15.4. The molecule has 1 heterocycles. The fraction of sp³-hybridized carbons (Fsp3) is 0.182. The summed E-state index contributed by atoms with van der Waals surface area (Å²) in [5, 5.41) is 5.59. The van der Waals surface area contributed by atoms with Crippen LogP contribution in [0.2, 0.25) is 0 Å². The minimum absolute atomic E-state index is 0.230. The fourth-order valence-corrected chi connectivity index (χ4v) is 2.73. The molecule has 0 aliphatic heterocycles. The lowest BCUT2D eigenvalue weighted by atomic mass is 10.2. The van der Waals surface area contributed by atoms with Crippen LogP contribution in [-0.2, 0) is 0 Å². The molecule has 3 rings (SSSR count). The van der Waals surface area contributed by atoms with Gasteiger partial charge in [-0.3, -0.25) is 5.32 Å². The van der Waals surface area contributed by atoms with Crippen LogP contribution in [-0.4, -0.2) is 17.6 Å². The van der Waals surface area contributed by atoms with Gasteiger partial charge in [-0.05, 0) is 42.8 Å². The predicted molar refractivity (Wildman–Crippen MR) is 111 cm³/mol. The first kappa shape index (κ1) is 18.5. The summed E-state index contributed by atoms with van der Waals surface area (Å²) in [5.41, 5.74) is 3.01. The van der Waals surface area contributed by atoms with Crippen molar-refractivity contribution in [1.29, 1.82) is 0 Å². The van der Waals surface area contributed by atoms with Crippen molar-refractivity contribution in [1.82, 2.24) is 10.3 Å². The van der Waals surface area contributed by atoms with Gasteiger partial charge in [0, 0.05) is 17.9 Å². The van der Waals surface area contributed by atoms with Gasteiger partial charge in [0.1, 0.15) is 5.82 Å². The second kappa shape index (κ2) is 9.38. The number of carbonyl (C=O) groups excluding carboxylic acids is 1. The number of hydrogen-bond donors (Lipinski definition) is 2. The summed E-state index contributed by atoms with van der Waals surface area (Å²) in [6, 6.07) is 23.8. The van der Waals surface area contributed by atoms with Gasteiger partial charge < -0.3 is 10.2 Å². The van der Waals surface area contributed by atoms with E-state index in [1.54, 1.807) is 6.20 Å². The molecule has 0 unspecified atom stereocenters. The van der Waals surface area contributed by atoms with Gasteiger partial charge in [0.25, 0.3) is 0 Å². The standard InChI is InChI=1S/C22H24N4O/c1-2-3-16-23-22(27)25-21-15-14-20(17-24-21)26(18-10-6-4-7-11-18)19-12-8-5-9-13-19/h4-15,17H,2-3,16H2,1H3,(H2,23,24,25,27). The Kier molecular flexibility index (Phi) is 6.41. The lowest BCUT2D eigenvalue weighted by Gasteiger charge is -2.25. The van der Waals surface area contributed by atoms with E-state index in [1.807, 2.05) is 48.5 Å². The molecule has 0 atom stereocenters. The number of nitrogens with zero attached hydrogens (tertiary/aromatic N) is 2. The first-order chi connectivity index (χ1) is 13.3. The van der Waals surface area contributed by atoms with Gasteiger partial charge in [-0.25, -0.2) is 9.78 Å². The topological polar surface area (TPSA) is 57.3 Å². The van der Waals surface area contributed by atoms with Crippen LogP contribution in [0.1, 0.15) is 19.8 Å². The Morgan fingerprint density at radius 1 is 0.889 bits per heavy atom. The lowest BCUT2D eigenvalue weighted by molar-refractivity contribution is 0.252. The van der Waals surface area contributed by atoms with Crippen molar-refractivity contribution in [3.05, 3.63) is 79.0 Å². The average molecular weight is 360 g/mol. The molecule has 0 saturated heterocycles. The van der Waals surface area contributed by atoms with Crippen molar-refractivity contribution in [3.63, 3.8) is 0 Å². The van der Waals surface area contributed by atoms with Crippen LogP contribution in [0.25, 0.3) is 0 Å². The number of benzene rings is 2. The van der Waals surface area contributed by atoms with Gasteiger partial charge in [-0.1, -0.05) is 49.7 Å². The van der Waals surface area contributed by atoms with Crippen molar-refractivity contribution >= 4 is 28.9 Å². The van der Waals surface area contributed by atoms with Crippen LogP contribution in [0.15, 0.2) is 79.0 Å². The van der Waals surface area contributed by atoms with E-state index in [0.29, 0.717) is 12.4 Å². The maximum Gasteiger partial charge on any atom is 0.320 e. The molecule has 0 aliphatic carbocycles. The Bertz CT molecular complexity index is 796. The minimum Gasteiger partial charge on any atom is -0.338 e. The molecule has 0 bridgehead atoms. The maximum absolute atomic E-state index is 11.9. The highest BCUT2D eigenvalue weighted by Crippen LogP contribution is 2.33. The summed E-state index contributed by atoms with van der Waals surface area (Å²) in [4.78, 5) is 18.4. The molecule has 0 radical (unpaired) electrons. The van der Waals surface area contributed by atoms with Crippen LogP contribution in [0.5, 0.6) is 0 Å². The highest BCUT2D eigenvalue weighted by atomic mass is 16.2. The summed E-state index contributed by atoms with van der Waals surface area (Å²) >= 11 is 0. The van der Waals surface area contributed by atoms with E-state index in [0.717, 1.165) is 29.9 Å². The van der Waals surface area contributed by atoms with Crippen molar-refractivity contribution in [2.45, 2.75) is 19.8 Å². The molecule has 0 saturated carbocycles. The molecule has 2 amide bonds. The van der Waals surface area contributed by atoms with Crippen molar-refractivity contribution in [2.24, 2.45) is 0 Å². The number of urea groups is 1. The first-order valence-electron chi connectivity index (χ1n) is 9.19. The summed E-state index contributed by atoms with van der Waals surface area (Å²) in [6.45, 7) is 2.75.